The molecule has 0 saturated carbocycles. The van der Waals surface area contributed by atoms with E-state index in [9.17, 15) is 15.0 Å². The largest absolute Gasteiger partial charge is 0.507 e. The molecule has 0 radical (unpaired) electrons. The third-order valence-electron chi connectivity index (χ3n) is 3.92. The Morgan fingerprint density at radius 1 is 1.00 bits per heavy atom. The van der Waals surface area contributed by atoms with Gasteiger partial charge in [-0.1, -0.05) is 57.0 Å². The van der Waals surface area contributed by atoms with Gasteiger partial charge in [0.15, 0.2) is 6.29 Å². The predicted octanol–water partition coefficient (Wildman–Crippen LogP) is 5.17. The summed E-state index contributed by atoms with van der Waals surface area (Å²) in [5, 5.41) is 20.3. The van der Waals surface area contributed by atoms with Crippen molar-refractivity contribution in [2.24, 2.45) is 0 Å². The third-order valence-corrected chi connectivity index (χ3v) is 4.38. The number of aldehydes is 1. The van der Waals surface area contributed by atoms with Gasteiger partial charge in [0.1, 0.15) is 11.5 Å². The molecule has 0 spiro atoms. The number of halogens is 1. The van der Waals surface area contributed by atoms with E-state index in [1.807, 2.05) is 0 Å². The van der Waals surface area contributed by atoms with Crippen molar-refractivity contribution < 1.29 is 15.0 Å². The van der Waals surface area contributed by atoms with Gasteiger partial charge in [0, 0.05) is 5.56 Å². The zero-order valence-corrected chi connectivity index (χ0v) is 13.7. The van der Waals surface area contributed by atoms with Crippen molar-refractivity contribution in [1.29, 1.82) is 0 Å². The molecule has 0 heterocycles. The normalized spacial score (nSPS) is 10.8. The van der Waals surface area contributed by atoms with Gasteiger partial charge in [-0.3, -0.25) is 4.79 Å². The van der Waals surface area contributed by atoms with Crippen molar-refractivity contribution in [3.8, 4) is 11.5 Å². The van der Waals surface area contributed by atoms with Gasteiger partial charge in [-0.25, -0.2) is 0 Å². The van der Waals surface area contributed by atoms with Crippen LogP contribution in [0.25, 0.3) is 0 Å². The number of rotatable bonds is 9. The van der Waals surface area contributed by atoms with Gasteiger partial charge < -0.3 is 10.2 Å². The standard InChI is InChI=1S/C17H25ClO3/c1-3-4-5-6-7-8-9-10-13-16(20)14(11-19)12(2)15(18)17(13)21/h11,20-21H,3-10H2,1-2H3. The minimum absolute atomic E-state index is 0.0942. The summed E-state index contributed by atoms with van der Waals surface area (Å²) >= 11 is 6.02. The van der Waals surface area contributed by atoms with Crippen molar-refractivity contribution in [3.05, 3.63) is 21.7 Å². The Labute approximate surface area is 131 Å². The van der Waals surface area contributed by atoms with Gasteiger partial charge in [-0.05, 0) is 25.3 Å². The van der Waals surface area contributed by atoms with E-state index in [-0.39, 0.29) is 22.1 Å². The van der Waals surface area contributed by atoms with Crippen LogP contribution in [0.5, 0.6) is 11.5 Å². The van der Waals surface area contributed by atoms with Crippen molar-refractivity contribution in [2.45, 2.75) is 65.2 Å². The molecule has 4 heteroatoms. The quantitative estimate of drug-likeness (QED) is 0.489. The Morgan fingerprint density at radius 3 is 2.14 bits per heavy atom. The van der Waals surface area contributed by atoms with E-state index < -0.39 is 0 Å². The second-order valence-electron chi connectivity index (χ2n) is 5.52. The molecule has 0 saturated heterocycles. The number of hydrogen-bond acceptors (Lipinski definition) is 3. The molecule has 0 atom stereocenters. The number of hydrogen-bond donors (Lipinski definition) is 2. The Morgan fingerprint density at radius 2 is 1.57 bits per heavy atom. The first-order valence-electron chi connectivity index (χ1n) is 7.72. The maximum Gasteiger partial charge on any atom is 0.154 e. The summed E-state index contributed by atoms with van der Waals surface area (Å²) in [6, 6.07) is 0. The van der Waals surface area contributed by atoms with E-state index in [1.54, 1.807) is 6.92 Å². The lowest BCUT2D eigenvalue weighted by Gasteiger charge is -2.13. The Bertz CT molecular complexity index is 484. The predicted molar refractivity (Wildman–Crippen MR) is 86.6 cm³/mol. The van der Waals surface area contributed by atoms with E-state index >= 15 is 0 Å². The van der Waals surface area contributed by atoms with Crippen LogP contribution in [0.4, 0.5) is 0 Å². The molecule has 0 aliphatic rings. The molecule has 0 fully saturated rings. The number of carbonyl (C=O) groups excluding carboxylic acids is 1. The molecule has 0 bridgehead atoms. The highest BCUT2D eigenvalue weighted by atomic mass is 35.5. The molecule has 21 heavy (non-hydrogen) atoms. The van der Waals surface area contributed by atoms with Crippen molar-refractivity contribution in [1.82, 2.24) is 0 Å². The molecule has 0 aliphatic carbocycles. The number of aromatic hydroxyl groups is 2. The van der Waals surface area contributed by atoms with Gasteiger partial charge >= 0.3 is 0 Å². The number of phenolic OH excluding ortho intramolecular Hbond substituents is 2. The van der Waals surface area contributed by atoms with Gasteiger partial charge in [0.25, 0.3) is 0 Å². The van der Waals surface area contributed by atoms with Gasteiger partial charge in [-0.15, -0.1) is 0 Å². The van der Waals surface area contributed by atoms with Crippen LogP contribution in [-0.4, -0.2) is 16.5 Å². The lowest BCUT2D eigenvalue weighted by Crippen LogP contribution is -1.97. The molecule has 0 unspecified atom stereocenters. The highest BCUT2D eigenvalue weighted by Gasteiger charge is 2.19. The van der Waals surface area contributed by atoms with Crippen LogP contribution < -0.4 is 0 Å². The number of unbranched alkanes of at least 4 members (excludes halogenated alkanes) is 6. The SMILES string of the molecule is CCCCCCCCCc1c(O)c(Cl)c(C)c(C=O)c1O. The number of phenols is 2. The molecule has 118 valence electrons. The van der Waals surface area contributed by atoms with Crippen molar-refractivity contribution >= 4 is 17.9 Å². The summed E-state index contributed by atoms with van der Waals surface area (Å²) < 4.78 is 0. The lowest BCUT2D eigenvalue weighted by atomic mass is 9.98. The summed E-state index contributed by atoms with van der Waals surface area (Å²) in [5.74, 6) is -0.223. The minimum Gasteiger partial charge on any atom is -0.507 e. The molecular weight excluding hydrogens is 288 g/mol. The Kier molecular flexibility index (Phi) is 7.58. The maximum atomic E-state index is 11.0. The molecule has 1 aromatic carbocycles. The van der Waals surface area contributed by atoms with Crippen LogP contribution >= 0.6 is 11.6 Å². The molecular formula is C17H25ClO3. The summed E-state index contributed by atoms with van der Waals surface area (Å²) in [6.45, 7) is 3.81. The summed E-state index contributed by atoms with van der Waals surface area (Å²) in [4.78, 5) is 11.0. The molecule has 0 aliphatic heterocycles. The van der Waals surface area contributed by atoms with Gasteiger partial charge in [0.2, 0.25) is 0 Å². The fraction of sp³-hybridized carbons (Fsp3) is 0.588. The van der Waals surface area contributed by atoms with E-state index in [1.165, 1.54) is 25.7 Å². The first-order chi connectivity index (χ1) is 10.0. The van der Waals surface area contributed by atoms with Gasteiger partial charge in [-0.2, -0.15) is 0 Å². The Hall–Kier alpha value is -1.22. The second kappa shape index (κ2) is 8.93. The fourth-order valence-electron chi connectivity index (χ4n) is 2.52. The zero-order chi connectivity index (χ0) is 15.8. The van der Waals surface area contributed by atoms with E-state index in [0.29, 0.717) is 23.8 Å². The molecule has 0 amide bonds. The maximum absolute atomic E-state index is 11.0. The number of carbonyl (C=O) groups is 1. The minimum atomic E-state index is -0.129. The smallest absolute Gasteiger partial charge is 0.154 e. The first kappa shape index (κ1) is 17.8. The summed E-state index contributed by atoms with van der Waals surface area (Å²) in [5.41, 5.74) is 0.988. The molecule has 3 nitrogen and oxygen atoms in total. The van der Waals surface area contributed by atoms with Crippen LogP contribution in [0.15, 0.2) is 0 Å². The molecule has 2 N–H and O–H groups in total. The summed E-state index contributed by atoms with van der Waals surface area (Å²) in [6.07, 6.45) is 9.18. The fourth-order valence-corrected chi connectivity index (χ4v) is 2.74. The molecule has 0 aromatic heterocycles. The van der Waals surface area contributed by atoms with Crippen LogP contribution in [0.1, 0.15) is 73.4 Å². The topological polar surface area (TPSA) is 57.5 Å². The Balaban J connectivity index is 2.63. The van der Waals surface area contributed by atoms with E-state index in [2.05, 4.69) is 6.92 Å². The molecule has 1 rings (SSSR count). The zero-order valence-electron chi connectivity index (χ0n) is 12.9. The third kappa shape index (κ3) is 4.63. The highest BCUT2D eigenvalue weighted by molar-refractivity contribution is 6.33. The van der Waals surface area contributed by atoms with Crippen LogP contribution in [0.2, 0.25) is 5.02 Å². The average molecular weight is 313 g/mol. The van der Waals surface area contributed by atoms with E-state index in [0.717, 1.165) is 19.3 Å². The van der Waals surface area contributed by atoms with Gasteiger partial charge in [0.05, 0.1) is 10.6 Å². The van der Waals surface area contributed by atoms with E-state index in [4.69, 9.17) is 11.6 Å². The first-order valence-corrected chi connectivity index (χ1v) is 8.10. The van der Waals surface area contributed by atoms with Crippen LogP contribution in [0, 0.1) is 6.92 Å². The molecule has 1 aromatic rings. The lowest BCUT2D eigenvalue weighted by molar-refractivity contribution is 0.112. The second-order valence-corrected chi connectivity index (χ2v) is 5.90. The van der Waals surface area contributed by atoms with Crippen LogP contribution in [-0.2, 0) is 6.42 Å². The number of benzene rings is 1. The monoisotopic (exact) mass is 312 g/mol. The average Bonchev–Trinajstić information content (AvgIpc) is 2.48. The van der Waals surface area contributed by atoms with Crippen molar-refractivity contribution in [2.75, 3.05) is 0 Å². The van der Waals surface area contributed by atoms with Crippen molar-refractivity contribution in [3.63, 3.8) is 0 Å². The van der Waals surface area contributed by atoms with Crippen LogP contribution in [0.3, 0.4) is 0 Å². The summed E-state index contributed by atoms with van der Waals surface area (Å²) in [7, 11) is 0. The highest BCUT2D eigenvalue weighted by Crippen LogP contribution is 2.40.